The van der Waals surface area contributed by atoms with E-state index in [1.807, 2.05) is 12.1 Å². The standard InChI is InChI=1S/C18H25N3O2/c1-13(2)16-20-17(21-23-16)18(9-3-4-10-18)19-11-14-5-7-15(12-22)8-6-14/h5-8,13,19,22H,3-4,9-12H2,1-2H3. The first-order valence-corrected chi connectivity index (χ1v) is 8.41. The van der Waals surface area contributed by atoms with Crippen molar-refractivity contribution in [3.05, 3.63) is 47.1 Å². The lowest BCUT2D eigenvalue weighted by Gasteiger charge is -2.27. The van der Waals surface area contributed by atoms with Crippen LogP contribution in [0.3, 0.4) is 0 Å². The van der Waals surface area contributed by atoms with E-state index in [0.717, 1.165) is 30.8 Å². The van der Waals surface area contributed by atoms with Crippen molar-refractivity contribution in [2.45, 2.75) is 64.1 Å². The molecule has 1 fully saturated rings. The number of nitrogens with zero attached hydrogens (tertiary/aromatic N) is 2. The molecule has 0 bridgehead atoms. The van der Waals surface area contributed by atoms with E-state index in [0.29, 0.717) is 5.89 Å². The molecule has 1 aliphatic rings. The summed E-state index contributed by atoms with van der Waals surface area (Å²) in [5.74, 6) is 1.76. The second-order valence-electron chi connectivity index (χ2n) is 6.73. The number of hydrogen-bond donors (Lipinski definition) is 2. The molecule has 23 heavy (non-hydrogen) atoms. The van der Waals surface area contributed by atoms with E-state index in [2.05, 4.69) is 41.4 Å². The smallest absolute Gasteiger partial charge is 0.229 e. The van der Waals surface area contributed by atoms with Crippen LogP contribution in [0.2, 0.25) is 0 Å². The summed E-state index contributed by atoms with van der Waals surface area (Å²) in [6.45, 7) is 4.97. The summed E-state index contributed by atoms with van der Waals surface area (Å²) < 4.78 is 5.42. The normalized spacial score (nSPS) is 17.0. The third-order valence-electron chi connectivity index (χ3n) is 4.66. The van der Waals surface area contributed by atoms with Crippen LogP contribution in [0.5, 0.6) is 0 Å². The molecule has 1 aliphatic carbocycles. The van der Waals surface area contributed by atoms with E-state index >= 15 is 0 Å². The summed E-state index contributed by atoms with van der Waals surface area (Å²) in [7, 11) is 0. The van der Waals surface area contributed by atoms with Crippen molar-refractivity contribution in [1.29, 1.82) is 0 Å². The molecule has 2 aromatic rings. The van der Waals surface area contributed by atoms with Crippen molar-refractivity contribution in [1.82, 2.24) is 15.5 Å². The first-order chi connectivity index (χ1) is 11.1. The fraction of sp³-hybridized carbons (Fsp3) is 0.556. The van der Waals surface area contributed by atoms with Crippen molar-refractivity contribution in [2.75, 3.05) is 0 Å². The van der Waals surface area contributed by atoms with Crippen LogP contribution in [0.15, 0.2) is 28.8 Å². The van der Waals surface area contributed by atoms with Gasteiger partial charge in [-0.3, -0.25) is 0 Å². The van der Waals surface area contributed by atoms with Gasteiger partial charge in [0.1, 0.15) is 0 Å². The zero-order valence-corrected chi connectivity index (χ0v) is 13.9. The number of benzene rings is 1. The molecule has 2 N–H and O–H groups in total. The van der Waals surface area contributed by atoms with Crippen molar-refractivity contribution in [2.24, 2.45) is 0 Å². The number of aliphatic hydroxyl groups excluding tert-OH is 1. The van der Waals surface area contributed by atoms with Crippen LogP contribution in [-0.4, -0.2) is 15.2 Å². The molecule has 0 spiro atoms. The maximum absolute atomic E-state index is 9.13. The Labute approximate surface area is 137 Å². The second kappa shape index (κ2) is 6.81. The van der Waals surface area contributed by atoms with E-state index < -0.39 is 0 Å². The Morgan fingerprint density at radius 2 is 1.83 bits per heavy atom. The van der Waals surface area contributed by atoms with Gasteiger partial charge in [0, 0.05) is 12.5 Å². The highest BCUT2D eigenvalue weighted by molar-refractivity contribution is 5.22. The van der Waals surface area contributed by atoms with Gasteiger partial charge in [0.05, 0.1) is 12.1 Å². The number of rotatable bonds is 6. The SMILES string of the molecule is CC(C)c1nc(C2(NCc3ccc(CO)cc3)CCCC2)no1. The van der Waals surface area contributed by atoms with Crippen LogP contribution < -0.4 is 5.32 Å². The van der Waals surface area contributed by atoms with Crippen molar-refractivity contribution in [3.8, 4) is 0 Å². The summed E-state index contributed by atoms with van der Waals surface area (Å²) in [6.07, 6.45) is 4.45. The first kappa shape index (κ1) is 16.1. The van der Waals surface area contributed by atoms with E-state index in [1.165, 1.54) is 18.4 Å². The lowest BCUT2D eigenvalue weighted by Crippen LogP contribution is -2.40. The van der Waals surface area contributed by atoms with Crippen LogP contribution in [0, 0.1) is 0 Å². The molecule has 1 saturated carbocycles. The van der Waals surface area contributed by atoms with Gasteiger partial charge in [-0.25, -0.2) is 0 Å². The molecule has 0 saturated heterocycles. The Morgan fingerprint density at radius 1 is 1.17 bits per heavy atom. The van der Waals surface area contributed by atoms with Gasteiger partial charge in [0.15, 0.2) is 5.82 Å². The molecule has 124 valence electrons. The Bertz CT molecular complexity index is 628. The third kappa shape index (κ3) is 3.46. The minimum Gasteiger partial charge on any atom is -0.392 e. The lowest BCUT2D eigenvalue weighted by atomic mass is 9.96. The zero-order chi connectivity index (χ0) is 16.3. The molecule has 0 atom stereocenters. The largest absolute Gasteiger partial charge is 0.392 e. The topological polar surface area (TPSA) is 71.2 Å². The van der Waals surface area contributed by atoms with Gasteiger partial charge in [0.25, 0.3) is 0 Å². The van der Waals surface area contributed by atoms with Gasteiger partial charge in [-0.2, -0.15) is 4.98 Å². The van der Waals surface area contributed by atoms with Gasteiger partial charge in [-0.15, -0.1) is 0 Å². The molecule has 0 unspecified atom stereocenters. The molecule has 5 nitrogen and oxygen atoms in total. The third-order valence-corrected chi connectivity index (χ3v) is 4.66. The summed E-state index contributed by atoms with van der Waals surface area (Å²) in [4.78, 5) is 4.63. The lowest BCUT2D eigenvalue weighted by molar-refractivity contribution is 0.281. The minimum atomic E-state index is -0.174. The molecule has 3 rings (SSSR count). The maximum atomic E-state index is 9.13. The quantitative estimate of drug-likeness (QED) is 0.856. The molecular formula is C18H25N3O2. The van der Waals surface area contributed by atoms with Gasteiger partial charge in [-0.05, 0) is 24.0 Å². The van der Waals surface area contributed by atoms with Gasteiger partial charge in [-0.1, -0.05) is 56.1 Å². The highest BCUT2D eigenvalue weighted by atomic mass is 16.5. The summed E-state index contributed by atoms with van der Waals surface area (Å²) >= 11 is 0. The van der Waals surface area contributed by atoms with Crippen LogP contribution in [0.25, 0.3) is 0 Å². The Kier molecular flexibility index (Phi) is 4.78. The predicted octanol–water partition coefficient (Wildman–Crippen LogP) is 3.24. The van der Waals surface area contributed by atoms with Crippen LogP contribution >= 0.6 is 0 Å². The molecule has 1 aromatic heterocycles. The van der Waals surface area contributed by atoms with E-state index in [9.17, 15) is 0 Å². The molecule has 1 heterocycles. The molecule has 5 heteroatoms. The number of aromatic nitrogens is 2. The van der Waals surface area contributed by atoms with E-state index in [4.69, 9.17) is 9.63 Å². The van der Waals surface area contributed by atoms with Crippen LogP contribution in [0.4, 0.5) is 0 Å². The van der Waals surface area contributed by atoms with Crippen molar-refractivity contribution < 1.29 is 9.63 Å². The molecule has 1 aromatic carbocycles. The average molecular weight is 315 g/mol. The Morgan fingerprint density at radius 3 is 2.39 bits per heavy atom. The second-order valence-corrected chi connectivity index (χ2v) is 6.73. The highest BCUT2D eigenvalue weighted by Gasteiger charge is 2.39. The van der Waals surface area contributed by atoms with Crippen molar-refractivity contribution >= 4 is 0 Å². The first-order valence-electron chi connectivity index (χ1n) is 8.41. The van der Waals surface area contributed by atoms with Gasteiger partial charge in [0.2, 0.25) is 5.89 Å². The summed E-state index contributed by atoms with van der Waals surface area (Å²) in [5.41, 5.74) is 1.96. The predicted molar refractivity (Wildman–Crippen MR) is 87.7 cm³/mol. The minimum absolute atomic E-state index is 0.0818. The molecule has 0 radical (unpaired) electrons. The fourth-order valence-corrected chi connectivity index (χ4v) is 3.16. The fourth-order valence-electron chi connectivity index (χ4n) is 3.16. The molecule has 0 amide bonds. The van der Waals surface area contributed by atoms with Gasteiger partial charge < -0.3 is 14.9 Å². The van der Waals surface area contributed by atoms with E-state index in [1.54, 1.807) is 0 Å². The average Bonchev–Trinajstić information content (AvgIpc) is 3.23. The monoisotopic (exact) mass is 315 g/mol. The Hall–Kier alpha value is -1.72. The van der Waals surface area contributed by atoms with Gasteiger partial charge >= 0.3 is 0 Å². The number of nitrogens with one attached hydrogen (secondary N) is 1. The molecule has 0 aliphatic heterocycles. The number of aliphatic hydroxyl groups is 1. The number of hydrogen-bond acceptors (Lipinski definition) is 5. The zero-order valence-electron chi connectivity index (χ0n) is 13.9. The van der Waals surface area contributed by atoms with E-state index in [-0.39, 0.29) is 18.1 Å². The molecular weight excluding hydrogens is 290 g/mol. The van der Waals surface area contributed by atoms with Crippen LogP contribution in [0.1, 0.15) is 68.3 Å². The maximum Gasteiger partial charge on any atom is 0.229 e. The van der Waals surface area contributed by atoms with Crippen LogP contribution in [-0.2, 0) is 18.7 Å². The van der Waals surface area contributed by atoms with Crippen molar-refractivity contribution in [3.63, 3.8) is 0 Å². The summed E-state index contributed by atoms with van der Waals surface area (Å²) in [6, 6.07) is 8.03. The Balaban J connectivity index is 1.74. The summed E-state index contributed by atoms with van der Waals surface area (Å²) in [5, 5.41) is 17.0. The highest BCUT2D eigenvalue weighted by Crippen LogP contribution is 2.38.